The van der Waals surface area contributed by atoms with Crippen molar-refractivity contribution in [3.63, 3.8) is 0 Å². The van der Waals surface area contributed by atoms with Crippen LogP contribution >= 0.6 is 11.6 Å². The molecule has 1 aliphatic rings. The van der Waals surface area contributed by atoms with E-state index in [0.717, 1.165) is 11.1 Å². The number of rotatable bonds is 3. The molecular weight excluding hydrogens is 312 g/mol. The smallest absolute Gasteiger partial charge is 0.244 e. The predicted octanol–water partition coefficient (Wildman–Crippen LogP) is 2.94. The van der Waals surface area contributed by atoms with Gasteiger partial charge in [0.25, 0.3) is 0 Å². The van der Waals surface area contributed by atoms with E-state index >= 15 is 0 Å². The molecular formula is C18H19ClN2O2. The summed E-state index contributed by atoms with van der Waals surface area (Å²) in [5, 5.41) is 0.652. The maximum atomic E-state index is 12.7. The second-order valence-corrected chi connectivity index (χ2v) is 5.96. The third kappa shape index (κ3) is 3.55. The van der Waals surface area contributed by atoms with Gasteiger partial charge >= 0.3 is 0 Å². The highest BCUT2D eigenvalue weighted by molar-refractivity contribution is 6.31. The van der Waals surface area contributed by atoms with E-state index in [1.807, 2.05) is 54.6 Å². The van der Waals surface area contributed by atoms with Crippen LogP contribution in [0.3, 0.4) is 0 Å². The third-order valence-electron chi connectivity index (χ3n) is 4.05. The molecule has 0 spiro atoms. The lowest BCUT2D eigenvalue weighted by atomic mass is 10.0. The summed E-state index contributed by atoms with van der Waals surface area (Å²) in [6, 6.07) is 16.3. The van der Waals surface area contributed by atoms with Gasteiger partial charge in [0.1, 0.15) is 12.1 Å². The summed E-state index contributed by atoms with van der Waals surface area (Å²) in [7, 11) is 0. The first-order valence-electron chi connectivity index (χ1n) is 7.62. The fourth-order valence-electron chi connectivity index (χ4n) is 2.77. The summed E-state index contributed by atoms with van der Waals surface area (Å²) in [6.45, 7) is 1.48. The highest BCUT2D eigenvalue weighted by atomic mass is 35.5. The molecule has 120 valence electrons. The number of amides is 1. The summed E-state index contributed by atoms with van der Waals surface area (Å²) < 4.78 is 5.79. The largest absolute Gasteiger partial charge is 0.370 e. The fourth-order valence-corrected chi connectivity index (χ4v) is 3.03. The van der Waals surface area contributed by atoms with Crippen molar-refractivity contribution in [2.45, 2.75) is 12.1 Å². The van der Waals surface area contributed by atoms with Crippen molar-refractivity contribution in [1.29, 1.82) is 0 Å². The summed E-state index contributed by atoms with van der Waals surface area (Å²) in [5.41, 5.74) is 7.85. The number of ether oxygens (including phenoxy) is 1. The van der Waals surface area contributed by atoms with Gasteiger partial charge < -0.3 is 15.4 Å². The van der Waals surface area contributed by atoms with Crippen LogP contribution in [-0.2, 0) is 9.53 Å². The number of carbonyl (C=O) groups is 1. The molecule has 0 aromatic heterocycles. The SMILES string of the molecule is N[C@@H](C(=O)N1CCO[C@@H](c2ccccc2Cl)C1)c1ccccc1. The van der Waals surface area contributed by atoms with E-state index in [1.165, 1.54) is 0 Å². The van der Waals surface area contributed by atoms with Crippen molar-refractivity contribution in [3.05, 3.63) is 70.7 Å². The molecule has 1 fully saturated rings. The third-order valence-corrected chi connectivity index (χ3v) is 4.40. The summed E-state index contributed by atoms with van der Waals surface area (Å²) in [6.07, 6.45) is -0.218. The molecule has 0 unspecified atom stereocenters. The Labute approximate surface area is 140 Å². The van der Waals surface area contributed by atoms with Crippen LogP contribution in [0.15, 0.2) is 54.6 Å². The molecule has 5 heteroatoms. The Hall–Kier alpha value is -1.88. The molecule has 1 heterocycles. The van der Waals surface area contributed by atoms with Gasteiger partial charge in [-0.3, -0.25) is 4.79 Å². The first-order chi connectivity index (χ1) is 11.2. The second kappa shape index (κ2) is 7.13. The average Bonchev–Trinajstić information content (AvgIpc) is 2.62. The minimum absolute atomic E-state index is 0.0865. The molecule has 4 nitrogen and oxygen atoms in total. The van der Waals surface area contributed by atoms with Gasteiger partial charge in [0, 0.05) is 17.1 Å². The van der Waals surface area contributed by atoms with Crippen molar-refractivity contribution < 1.29 is 9.53 Å². The highest BCUT2D eigenvalue weighted by Gasteiger charge is 2.29. The van der Waals surface area contributed by atoms with E-state index in [2.05, 4.69) is 0 Å². The van der Waals surface area contributed by atoms with Gasteiger partial charge in [-0.25, -0.2) is 0 Å². The van der Waals surface area contributed by atoms with Gasteiger partial charge in [0.05, 0.1) is 13.2 Å². The summed E-state index contributed by atoms with van der Waals surface area (Å²) in [4.78, 5) is 14.4. The first-order valence-corrected chi connectivity index (χ1v) is 8.00. The van der Waals surface area contributed by atoms with E-state index in [9.17, 15) is 4.79 Å². The van der Waals surface area contributed by atoms with Gasteiger partial charge in [0.2, 0.25) is 5.91 Å². The van der Waals surface area contributed by atoms with E-state index in [0.29, 0.717) is 24.7 Å². The van der Waals surface area contributed by atoms with Crippen LogP contribution in [0.4, 0.5) is 0 Å². The van der Waals surface area contributed by atoms with Gasteiger partial charge in [-0.1, -0.05) is 60.1 Å². The van der Waals surface area contributed by atoms with Crippen LogP contribution in [0.2, 0.25) is 5.02 Å². The van der Waals surface area contributed by atoms with E-state index < -0.39 is 6.04 Å². The molecule has 2 atom stereocenters. The van der Waals surface area contributed by atoms with Crippen LogP contribution in [0.1, 0.15) is 23.3 Å². The number of carbonyl (C=O) groups excluding carboxylic acids is 1. The second-order valence-electron chi connectivity index (χ2n) is 5.55. The minimum Gasteiger partial charge on any atom is -0.370 e. The zero-order chi connectivity index (χ0) is 16.2. The number of halogens is 1. The Morgan fingerprint density at radius 2 is 1.87 bits per heavy atom. The average molecular weight is 331 g/mol. The highest BCUT2D eigenvalue weighted by Crippen LogP contribution is 2.29. The molecule has 0 aliphatic carbocycles. The van der Waals surface area contributed by atoms with E-state index in [4.69, 9.17) is 22.1 Å². The van der Waals surface area contributed by atoms with Gasteiger partial charge in [-0.05, 0) is 11.6 Å². The molecule has 2 N–H and O–H groups in total. The number of hydrogen-bond donors (Lipinski definition) is 1. The molecule has 23 heavy (non-hydrogen) atoms. The Bertz CT molecular complexity index is 678. The normalized spacial score (nSPS) is 19.4. The first kappa shape index (κ1) is 16.0. The lowest BCUT2D eigenvalue weighted by Gasteiger charge is -2.35. The number of morpholine rings is 1. The fraction of sp³-hybridized carbons (Fsp3) is 0.278. The van der Waals surface area contributed by atoms with Crippen molar-refractivity contribution in [2.24, 2.45) is 5.73 Å². The lowest BCUT2D eigenvalue weighted by Crippen LogP contribution is -2.46. The molecule has 1 amide bonds. The van der Waals surface area contributed by atoms with Crippen molar-refractivity contribution in [2.75, 3.05) is 19.7 Å². The molecule has 0 bridgehead atoms. The zero-order valence-corrected chi connectivity index (χ0v) is 13.4. The molecule has 1 saturated heterocycles. The molecule has 0 saturated carbocycles. The predicted molar refractivity (Wildman–Crippen MR) is 90.1 cm³/mol. The number of nitrogens with two attached hydrogens (primary N) is 1. The summed E-state index contributed by atoms with van der Waals surface area (Å²) >= 11 is 6.24. The van der Waals surface area contributed by atoms with Crippen molar-refractivity contribution in [1.82, 2.24) is 4.90 Å². The minimum atomic E-state index is -0.652. The van der Waals surface area contributed by atoms with Gasteiger partial charge in [-0.2, -0.15) is 0 Å². The molecule has 2 aromatic rings. The maximum Gasteiger partial charge on any atom is 0.244 e. The molecule has 2 aromatic carbocycles. The summed E-state index contributed by atoms with van der Waals surface area (Å²) in [5.74, 6) is -0.0865. The van der Waals surface area contributed by atoms with Crippen molar-refractivity contribution in [3.8, 4) is 0 Å². The molecule has 3 rings (SSSR count). The van der Waals surface area contributed by atoms with Crippen LogP contribution in [-0.4, -0.2) is 30.5 Å². The zero-order valence-electron chi connectivity index (χ0n) is 12.7. The quantitative estimate of drug-likeness (QED) is 0.941. The van der Waals surface area contributed by atoms with Gasteiger partial charge in [0.15, 0.2) is 0 Å². The Morgan fingerprint density at radius 1 is 1.17 bits per heavy atom. The standard InChI is InChI=1S/C18H19ClN2O2/c19-15-9-5-4-8-14(15)16-12-21(10-11-23-16)18(22)17(20)13-6-2-1-3-7-13/h1-9,16-17H,10-12,20H2/t16-,17-/m1/s1. The Balaban J connectivity index is 1.73. The Morgan fingerprint density at radius 3 is 2.61 bits per heavy atom. The number of hydrogen-bond acceptors (Lipinski definition) is 3. The molecule has 0 radical (unpaired) electrons. The monoisotopic (exact) mass is 330 g/mol. The topological polar surface area (TPSA) is 55.6 Å². The number of benzene rings is 2. The Kier molecular flexibility index (Phi) is 4.96. The van der Waals surface area contributed by atoms with E-state index in [1.54, 1.807) is 4.90 Å². The van der Waals surface area contributed by atoms with Crippen LogP contribution in [0.5, 0.6) is 0 Å². The van der Waals surface area contributed by atoms with Crippen molar-refractivity contribution >= 4 is 17.5 Å². The van der Waals surface area contributed by atoms with Crippen LogP contribution in [0.25, 0.3) is 0 Å². The molecule has 1 aliphatic heterocycles. The number of nitrogens with zero attached hydrogens (tertiary/aromatic N) is 1. The maximum absolute atomic E-state index is 12.7. The van der Waals surface area contributed by atoms with Gasteiger partial charge in [-0.15, -0.1) is 0 Å². The van der Waals surface area contributed by atoms with Crippen LogP contribution in [0, 0.1) is 0 Å². The lowest BCUT2D eigenvalue weighted by molar-refractivity contribution is -0.140. The van der Waals surface area contributed by atoms with E-state index in [-0.39, 0.29) is 12.0 Å². The van der Waals surface area contributed by atoms with Crippen LogP contribution < -0.4 is 5.73 Å².